The molecule has 0 saturated carbocycles. The first-order valence-electron chi connectivity index (χ1n) is 9.38. The molecule has 1 aromatic carbocycles. The highest BCUT2D eigenvalue weighted by Crippen LogP contribution is 2.24. The zero-order valence-electron chi connectivity index (χ0n) is 16.6. The summed E-state index contributed by atoms with van der Waals surface area (Å²) in [5.41, 5.74) is 0.483. The van der Waals surface area contributed by atoms with Crippen LogP contribution >= 0.6 is 12.4 Å². The van der Waals surface area contributed by atoms with Gasteiger partial charge in [0.25, 0.3) is 0 Å². The maximum Gasteiger partial charge on any atom is 0.243 e. The first-order chi connectivity index (χ1) is 12.8. The van der Waals surface area contributed by atoms with Crippen LogP contribution in [0.2, 0.25) is 0 Å². The number of nitrogens with one attached hydrogen (secondary N) is 2. The molecule has 1 aliphatic rings. The molecule has 1 aromatic rings. The largest absolute Gasteiger partial charge is 0.354 e. The van der Waals surface area contributed by atoms with Gasteiger partial charge in [0.1, 0.15) is 0 Å². The smallest absolute Gasteiger partial charge is 0.243 e. The molecule has 0 radical (unpaired) electrons. The minimum Gasteiger partial charge on any atom is -0.354 e. The third-order valence-corrected chi connectivity index (χ3v) is 6.77. The number of piperidine rings is 1. The highest BCUT2D eigenvalue weighted by molar-refractivity contribution is 7.89. The molecular formula is C19H30ClN3O4S. The monoisotopic (exact) mass is 431 g/mol. The van der Waals surface area contributed by atoms with E-state index in [9.17, 15) is 18.0 Å². The van der Waals surface area contributed by atoms with Crippen molar-refractivity contribution in [1.82, 2.24) is 14.9 Å². The number of Topliss-reactive ketones (excluding diaryl/α,β-unsaturated/α-hetero) is 1. The van der Waals surface area contributed by atoms with Crippen LogP contribution in [0.25, 0.3) is 0 Å². The molecule has 1 atom stereocenters. The lowest BCUT2D eigenvalue weighted by molar-refractivity contribution is -0.126. The summed E-state index contributed by atoms with van der Waals surface area (Å²) in [4.78, 5) is 23.8. The van der Waals surface area contributed by atoms with E-state index in [1.807, 2.05) is 13.8 Å². The van der Waals surface area contributed by atoms with Gasteiger partial charge in [-0.05, 0) is 45.4 Å². The lowest BCUT2D eigenvalue weighted by atomic mass is 9.97. The molecule has 28 heavy (non-hydrogen) atoms. The summed E-state index contributed by atoms with van der Waals surface area (Å²) in [6, 6.07) is 6.19. The molecule has 2 rings (SSSR count). The molecular weight excluding hydrogens is 402 g/mol. The second kappa shape index (κ2) is 10.9. The SMILES string of the molecule is CCN[C@H](C)CNC(=O)C1CCN(S(=O)(=O)c2ccc(C(C)=O)cc2)CC1.Cl. The quantitative estimate of drug-likeness (QED) is 0.612. The van der Waals surface area contributed by atoms with Gasteiger partial charge in [0.15, 0.2) is 5.78 Å². The molecule has 0 spiro atoms. The van der Waals surface area contributed by atoms with Crippen molar-refractivity contribution in [3.8, 4) is 0 Å². The van der Waals surface area contributed by atoms with Gasteiger partial charge in [0.05, 0.1) is 4.90 Å². The highest BCUT2D eigenvalue weighted by Gasteiger charge is 2.32. The van der Waals surface area contributed by atoms with E-state index < -0.39 is 10.0 Å². The second-order valence-electron chi connectivity index (χ2n) is 6.96. The predicted octanol–water partition coefficient (Wildman–Crippen LogP) is 1.83. The van der Waals surface area contributed by atoms with E-state index in [4.69, 9.17) is 0 Å². The van der Waals surface area contributed by atoms with E-state index in [2.05, 4.69) is 10.6 Å². The summed E-state index contributed by atoms with van der Waals surface area (Å²) < 4.78 is 26.9. The number of nitrogens with zero attached hydrogens (tertiary/aromatic N) is 1. The minimum atomic E-state index is -3.61. The summed E-state index contributed by atoms with van der Waals surface area (Å²) in [5, 5.41) is 6.17. The number of sulfonamides is 1. The Bertz CT molecular complexity index is 760. The van der Waals surface area contributed by atoms with Crippen LogP contribution in [0.1, 0.15) is 44.0 Å². The van der Waals surface area contributed by atoms with Gasteiger partial charge in [-0.1, -0.05) is 19.1 Å². The first-order valence-corrected chi connectivity index (χ1v) is 10.8. The standard InChI is InChI=1S/C19H29N3O4S.ClH/c1-4-20-14(2)13-21-19(24)17-9-11-22(12-10-17)27(25,26)18-7-5-16(6-8-18)15(3)23;/h5-8,14,17,20H,4,9-13H2,1-3H3,(H,21,24);1H/t14-;/m1./s1. The van der Waals surface area contributed by atoms with Gasteiger partial charge >= 0.3 is 0 Å². The number of benzene rings is 1. The Morgan fingerprint density at radius 1 is 1.18 bits per heavy atom. The molecule has 1 heterocycles. The lowest BCUT2D eigenvalue weighted by Crippen LogP contribution is -2.45. The first kappa shape index (κ1) is 24.6. The van der Waals surface area contributed by atoms with Gasteiger partial charge in [-0.15, -0.1) is 12.4 Å². The van der Waals surface area contributed by atoms with Crippen LogP contribution in [-0.4, -0.2) is 56.6 Å². The number of hydrogen-bond donors (Lipinski definition) is 2. The van der Waals surface area contributed by atoms with Gasteiger partial charge in [-0.25, -0.2) is 8.42 Å². The fourth-order valence-corrected chi connectivity index (χ4v) is 4.66. The number of ketones is 1. The van der Waals surface area contributed by atoms with Crippen LogP contribution < -0.4 is 10.6 Å². The fourth-order valence-electron chi connectivity index (χ4n) is 3.19. The highest BCUT2D eigenvalue weighted by atomic mass is 35.5. The number of amides is 1. The van der Waals surface area contributed by atoms with E-state index in [-0.39, 0.29) is 41.0 Å². The van der Waals surface area contributed by atoms with Crippen molar-refractivity contribution in [2.75, 3.05) is 26.2 Å². The number of hydrogen-bond acceptors (Lipinski definition) is 5. The number of likely N-dealkylation sites (N-methyl/N-ethyl adjacent to an activating group) is 1. The average Bonchev–Trinajstić information content (AvgIpc) is 2.66. The van der Waals surface area contributed by atoms with Crippen molar-refractivity contribution in [2.45, 2.75) is 44.6 Å². The fraction of sp³-hybridized carbons (Fsp3) is 0.579. The van der Waals surface area contributed by atoms with Crippen molar-refractivity contribution in [3.63, 3.8) is 0 Å². The molecule has 0 unspecified atom stereocenters. The number of carbonyl (C=O) groups excluding carboxylic acids is 2. The summed E-state index contributed by atoms with van der Waals surface area (Å²) in [6.07, 6.45) is 1.01. The van der Waals surface area contributed by atoms with E-state index >= 15 is 0 Å². The Balaban J connectivity index is 0.00000392. The molecule has 0 bridgehead atoms. The normalized spacial score (nSPS) is 16.8. The zero-order valence-corrected chi connectivity index (χ0v) is 18.2. The van der Waals surface area contributed by atoms with E-state index in [0.717, 1.165) is 6.54 Å². The molecule has 1 saturated heterocycles. The average molecular weight is 432 g/mol. The molecule has 9 heteroatoms. The van der Waals surface area contributed by atoms with Crippen molar-refractivity contribution < 1.29 is 18.0 Å². The number of halogens is 1. The maximum atomic E-state index is 12.8. The van der Waals surface area contributed by atoms with Crippen LogP contribution in [0.15, 0.2) is 29.2 Å². The van der Waals surface area contributed by atoms with Crippen LogP contribution in [0.5, 0.6) is 0 Å². The van der Waals surface area contributed by atoms with Crippen molar-refractivity contribution in [1.29, 1.82) is 0 Å². The van der Waals surface area contributed by atoms with E-state index in [0.29, 0.717) is 38.0 Å². The van der Waals surface area contributed by atoms with Crippen LogP contribution in [0.4, 0.5) is 0 Å². The van der Waals surface area contributed by atoms with Crippen molar-refractivity contribution >= 4 is 34.1 Å². The Kier molecular flexibility index (Phi) is 9.56. The van der Waals surface area contributed by atoms with Crippen LogP contribution in [-0.2, 0) is 14.8 Å². The summed E-state index contributed by atoms with van der Waals surface area (Å²) >= 11 is 0. The molecule has 158 valence electrons. The predicted molar refractivity (Wildman–Crippen MR) is 111 cm³/mol. The van der Waals surface area contributed by atoms with Gasteiger partial charge in [0.2, 0.25) is 15.9 Å². The third-order valence-electron chi connectivity index (χ3n) is 4.86. The number of carbonyl (C=O) groups is 2. The van der Waals surface area contributed by atoms with E-state index in [1.165, 1.54) is 35.5 Å². The Hall–Kier alpha value is -1.48. The molecule has 7 nitrogen and oxygen atoms in total. The Morgan fingerprint density at radius 2 is 1.75 bits per heavy atom. The molecule has 0 aliphatic carbocycles. The lowest BCUT2D eigenvalue weighted by Gasteiger charge is -2.30. The molecule has 1 aliphatic heterocycles. The Labute approximate surface area is 173 Å². The second-order valence-corrected chi connectivity index (χ2v) is 8.90. The Morgan fingerprint density at radius 3 is 2.25 bits per heavy atom. The maximum absolute atomic E-state index is 12.8. The van der Waals surface area contributed by atoms with Crippen LogP contribution in [0, 0.1) is 5.92 Å². The van der Waals surface area contributed by atoms with Crippen molar-refractivity contribution in [3.05, 3.63) is 29.8 Å². The van der Waals surface area contributed by atoms with Gasteiger partial charge in [-0.2, -0.15) is 4.31 Å². The summed E-state index contributed by atoms with van der Waals surface area (Å²) in [5.74, 6) is -0.276. The summed E-state index contributed by atoms with van der Waals surface area (Å²) in [7, 11) is -3.61. The molecule has 1 amide bonds. The third kappa shape index (κ3) is 6.27. The van der Waals surface area contributed by atoms with Crippen LogP contribution in [0.3, 0.4) is 0 Å². The van der Waals surface area contributed by atoms with Gasteiger partial charge in [0, 0.05) is 37.2 Å². The van der Waals surface area contributed by atoms with Gasteiger partial charge in [-0.3, -0.25) is 9.59 Å². The summed E-state index contributed by atoms with van der Waals surface area (Å²) in [6.45, 7) is 7.51. The number of rotatable bonds is 8. The van der Waals surface area contributed by atoms with E-state index in [1.54, 1.807) is 0 Å². The minimum absolute atomic E-state index is 0. The molecule has 2 N–H and O–H groups in total. The topological polar surface area (TPSA) is 95.6 Å². The van der Waals surface area contributed by atoms with Gasteiger partial charge < -0.3 is 10.6 Å². The molecule has 1 fully saturated rings. The zero-order chi connectivity index (χ0) is 20.0. The van der Waals surface area contributed by atoms with Crippen molar-refractivity contribution in [2.24, 2.45) is 5.92 Å². The molecule has 0 aromatic heterocycles.